The van der Waals surface area contributed by atoms with Crippen molar-refractivity contribution < 1.29 is 14.3 Å². The van der Waals surface area contributed by atoms with Crippen LogP contribution >= 0.6 is 0 Å². The van der Waals surface area contributed by atoms with Gasteiger partial charge in [-0.25, -0.2) is 9.48 Å². The molecule has 0 bridgehead atoms. The van der Waals surface area contributed by atoms with Crippen LogP contribution in [-0.2, 0) is 9.53 Å². The highest BCUT2D eigenvalue weighted by Crippen LogP contribution is 2.30. The lowest BCUT2D eigenvalue weighted by molar-refractivity contribution is -0.117. The number of benzene rings is 1. The molecular weight excluding hydrogens is 282 g/mol. The van der Waals surface area contributed by atoms with Crippen LogP contribution in [0.1, 0.15) is 30.3 Å². The van der Waals surface area contributed by atoms with Crippen molar-refractivity contribution in [1.82, 2.24) is 9.78 Å². The van der Waals surface area contributed by atoms with E-state index < -0.39 is 5.97 Å². The second-order valence-corrected chi connectivity index (χ2v) is 5.18. The summed E-state index contributed by atoms with van der Waals surface area (Å²) in [7, 11) is 0. The molecule has 0 aliphatic heterocycles. The summed E-state index contributed by atoms with van der Waals surface area (Å²) in [5.74, 6) is -0.177. The number of carbonyl (C=O) groups excluding carboxylic acids is 2. The van der Waals surface area contributed by atoms with E-state index in [4.69, 9.17) is 4.74 Å². The number of carbonyl (C=O) groups is 2. The molecule has 22 heavy (non-hydrogen) atoms. The molecule has 1 saturated carbocycles. The Hall–Kier alpha value is -2.63. The maximum Gasteiger partial charge on any atom is 0.358 e. The van der Waals surface area contributed by atoms with E-state index in [1.807, 2.05) is 24.3 Å². The molecule has 1 aromatic carbocycles. The lowest BCUT2D eigenvalue weighted by atomic mass is 10.2. The predicted octanol–water partition coefficient (Wildman–Crippen LogP) is 2.40. The number of rotatable bonds is 5. The van der Waals surface area contributed by atoms with Gasteiger partial charge in [-0.05, 0) is 50.1 Å². The van der Waals surface area contributed by atoms with Gasteiger partial charge in [-0.2, -0.15) is 5.10 Å². The molecule has 0 spiro atoms. The van der Waals surface area contributed by atoms with E-state index in [9.17, 15) is 9.59 Å². The number of aromatic nitrogens is 2. The second-order valence-electron chi connectivity index (χ2n) is 5.18. The summed E-state index contributed by atoms with van der Waals surface area (Å²) in [6.07, 6.45) is 3.66. The molecule has 1 fully saturated rings. The lowest BCUT2D eigenvalue weighted by Gasteiger charge is -2.06. The molecule has 0 saturated heterocycles. The molecule has 6 nitrogen and oxygen atoms in total. The fraction of sp³-hybridized carbons (Fsp3) is 0.312. The molecule has 114 valence electrons. The Balaban J connectivity index is 1.69. The molecule has 1 aromatic heterocycles. The number of amides is 1. The largest absolute Gasteiger partial charge is 0.461 e. The van der Waals surface area contributed by atoms with Crippen LogP contribution in [0.4, 0.5) is 5.69 Å². The van der Waals surface area contributed by atoms with Crippen molar-refractivity contribution in [3.63, 3.8) is 0 Å². The number of ether oxygens (including phenoxy) is 1. The monoisotopic (exact) mass is 299 g/mol. The molecule has 1 N–H and O–H groups in total. The zero-order chi connectivity index (χ0) is 15.5. The van der Waals surface area contributed by atoms with Gasteiger partial charge >= 0.3 is 5.97 Å². The summed E-state index contributed by atoms with van der Waals surface area (Å²) in [5.41, 5.74) is 1.84. The van der Waals surface area contributed by atoms with Crippen molar-refractivity contribution in [3.8, 4) is 5.69 Å². The Morgan fingerprint density at radius 1 is 1.27 bits per heavy atom. The lowest BCUT2D eigenvalue weighted by Crippen LogP contribution is -2.13. The smallest absolute Gasteiger partial charge is 0.358 e. The number of hydrogen-bond donors (Lipinski definition) is 1. The van der Waals surface area contributed by atoms with Gasteiger partial charge in [0.25, 0.3) is 0 Å². The Labute approximate surface area is 128 Å². The molecule has 1 heterocycles. The van der Waals surface area contributed by atoms with E-state index in [1.54, 1.807) is 23.9 Å². The fourth-order valence-electron chi connectivity index (χ4n) is 2.07. The second kappa shape index (κ2) is 6.01. The Kier molecular flexibility index (Phi) is 3.91. The van der Waals surface area contributed by atoms with Crippen molar-refractivity contribution in [1.29, 1.82) is 0 Å². The molecule has 0 atom stereocenters. The highest BCUT2D eigenvalue weighted by Gasteiger charge is 2.29. The average Bonchev–Trinajstić information content (AvgIpc) is 3.26. The van der Waals surface area contributed by atoms with E-state index in [0.717, 1.165) is 24.2 Å². The molecule has 1 aliphatic carbocycles. The summed E-state index contributed by atoms with van der Waals surface area (Å²) in [6, 6.07) is 8.93. The van der Waals surface area contributed by atoms with Crippen LogP contribution in [0, 0.1) is 5.92 Å². The standard InChI is InChI=1S/C16H17N3O3/c1-2-22-16(21)14-9-10-19(18-14)13-7-5-12(6-8-13)17-15(20)11-3-4-11/h5-11H,2-4H2,1H3,(H,17,20). The van der Waals surface area contributed by atoms with Crippen molar-refractivity contribution in [3.05, 3.63) is 42.2 Å². The molecule has 1 aliphatic rings. The minimum Gasteiger partial charge on any atom is -0.461 e. The first-order valence-corrected chi connectivity index (χ1v) is 7.31. The van der Waals surface area contributed by atoms with Gasteiger partial charge in [-0.15, -0.1) is 0 Å². The van der Waals surface area contributed by atoms with Gasteiger partial charge in [0.15, 0.2) is 5.69 Å². The molecule has 1 amide bonds. The minimum absolute atomic E-state index is 0.0800. The highest BCUT2D eigenvalue weighted by atomic mass is 16.5. The summed E-state index contributed by atoms with van der Waals surface area (Å²) >= 11 is 0. The zero-order valence-electron chi connectivity index (χ0n) is 12.3. The number of hydrogen-bond acceptors (Lipinski definition) is 4. The van der Waals surface area contributed by atoms with E-state index in [-0.39, 0.29) is 17.5 Å². The first kappa shape index (κ1) is 14.3. The van der Waals surface area contributed by atoms with Gasteiger partial charge < -0.3 is 10.1 Å². The van der Waals surface area contributed by atoms with Gasteiger partial charge in [0, 0.05) is 17.8 Å². The molecule has 6 heteroatoms. The maximum atomic E-state index is 11.7. The SMILES string of the molecule is CCOC(=O)c1ccn(-c2ccc(NC(=O)C3CC3)cc2)n1. The van der Waals surface area contributed by atoms with Crippen molar-refractivity contribution >= 4 is 17.6 Å². The number of nitrogens with zero attached hydrogens (tertiary/aromatic N) is 2. The summed E-state index contributed by atoms with van der Waals surface area (Å²) < 4.78 is 6.50. The van der Waals surface area contributed by atoms with Crippen LogP contribution in [0.3, 0.4) is 0 Å². The van der Waals surface area contributed by atoms with E-state index >= 15 is 0 Å². The Bertz CT molecular complexity index is 687. The highest BCUT2D eigenvalue weighted by molar-refractivity contribution is 5.94. The Morgan fingerprint density at radius 2 is 2.00 bits per heavy atom. The molecule has 0 radical (unpaired) electrons. The van der Waals surface area contributed by atoms with Crippen LogP contribution in [0.25, 0.3) is 5.69 Å². The normalized spacial score (nSPS) is 13.7. The first-order chi connectivity index (χ1) is 10.7. The van der Waals surface area contributed by atoms with Crippen LogP contribution in [-0.4, -0.2) is 28.3 Å². The zero-order valence-corrected chi connectivity index (χ0v) is 12.3. The quantitative estimate of drug-likeness (QED) is 0.860. The molecule has 3 rings (SSSR count). The Morgan fingerprint density at radius 3 is 2.64 bits per heavy atom. The van der Waals surface area contributed by atoms with E-state index in [1.165, 1.54) is 0 Å². The van der Waals surface area contributed by atoms with Crippen molar-refractivity contribution in [2.75, 3.05) is 11.9 Å². The summed E-state index contributed by atoms with van der Waals surface area (Å²) in [6.45, 7) is 2.07. The third kappa shape index (κ3) is 3.16. The minimum atomic E-state index is -0.436. The number of nitrogens with one attached hydrogen (secondary N) is 1. The van der Waals surface area contributed by atoms with Crippen molar-refractivity contribution in [2.45, 2.75) is 19.8 Å². The first-order valence-electron chi connectivity index (χ1n) is 7.31. The third-order valence-electron chi connectivity index (χ3n) is 3.42. The number of esters is 1. The van der Waals surface area contributed by atoms with Crippen LogP contribution in [0.15, 0.2) is 36.5 Å². The average molecular weight is 299 g/mol. The number of anilines is 1. The topological polar surface area (TPSA) is 73.2 Å². The van der Waals surface area contributed by atoms with Gasteiger partial charge in [0.2, 0.25) is 5.91 Å². The summed E-state index contributed by atoms with van der Waals surface area (Å²) in [4.78, 5) is 23.3. The maximum absolute atomic E-state index is 11.7. The van der Waals surface area contributed by atoms with Gasteiger partial charge in [0.05, 0.1) is 12.3 Å². The van der Waals surface area contributed by atoms with Crippen LogP contribution in [0.2, 0.25) is 0 Å². The van der Waals surface area contributed by atoms with E-state index in [2.05, 4.69) is 10.4 Å². The van der Waals surface area contributed by atoms with Crippen molar-refractivity contribution in [2.24, 2.45) is 5.92 Å². The predicted molar refractivity (Wildman–Crippen MR) is 80.9 cm³/mol. The van der Waals surface area contributed by atoms with E-state index in [0.29, 0.717) is 6.61 Å². The van der Waals surface area contributed by atoms with Gasteiger partial charge in [-0.3, -0.25) is 4.79 Å². The molecule has 0 unspecified atom stereocenters. The molecule has 2 aromatic rings. The van der Waals surface area contributed by atoms with Crippen LogP contribution in [0.5, 0.6) is 0 Å². The molecular formula is C16H17N3O3. The summed E-state index contributed by atoms with van der Waals surface area (Å²) in [5, 5.41) is 7.06. The van der Waals surface area contributed by atoms with Gasteiger partial charge in [0.1, 0.15) is 0 Å². The fourth-order valence-corrected chi connectivity index (χ4v) is 2.07. The third-order valence-corrected chi connectivity index (χ3v) is 3.42. The van der Waals surface area contributed by atoms with Gasteiger partial charge in [-0.1, -0.05) is 0 Å². The van der Waals surface area contributed by atoms with Crippen LogP contribution < -0.4 is 5.32 Å².